The lowest BCUT2D eigenvalue weighted by Crippen LogP contribution is -2.13. The summed E-state index contributed by atoms with van der Waals surface area (Å²) in [6.07, 6.45) is 2.95. The number of aliphatic imine (C=N–C) groups is 1. The van der Waals surface area contributed by atoms with Gasteiger partial charge in [-0.2, -0.15) is 0 Å². The van der Waals surface area contributed by atoms with Crippen LogP contribution >= 0.6 is 0 Å². The van der Waals surface area contributed by atoms with E-state index in [1.54, 1.807) is 0 Å². The molecule has 2 heteroatoms. The van der Waals surface area contributed by atoms with E-state index in [0.717, 1.165) is 25.1 Å². The van der Waals surface area contributed by atoms with Gasteiger partial charge in [0, 0.05) is 12.8 Å². The Labute approximate surface area is 69.6 Å². The molecule has 0 aromatic heterocycles. The van der Waals surface area contributed by atoms with Gasteiger partial charge in [-0.15, -0.1) is 0 Å². The Bertz CT molecular complexity index is 136. The average Bonchev–Trinajstić information content (AvgIpc) is 1.85. The van der Waals surface area contributed by atoms with Crippen molar-refractivity contribution in [2.45, 2.75) is 13.3 Å². The van der Waals surface area contributed by atoms with Gasteiger partial charge < -0.3 is 4.90 Å². The minimum Gasteiger partial charge on any atom is -0.309 e. The van der Waals surface area contributed by atoms with Crippen LogP contribution in [0.25, 0.3) is 0 Å². The number of rotatable bonds is 5. The predicted molar refractivity (Wildman–Crippen MR) is 51.3 cm³/mol. The molecule has 0 unspecified atom stereocenters. The normalized spacial score (nSPS) is 11.3. The van der Waals surface area contributed by atoms with Crippen LogP contribution in [0.15, 0.2) is 17.1 Å². The Kier molecular flexibility index (Phi) is 5.75. The zero-order valence-electron chi connectivity index (χ0n) is 7.80. The zero-order valence-corrected chi connectivity index (χ0v) is 7.80. The Morgan fingerprint density at radius 1 is 1.55 bits per heavy atom. The predicted octanol–water partition coefficient (Wildman–Crippen LogP) is 1.58. The highest BCUT2D eigenvalue weighted by Crippen LogP contribution is 1.85. The molecule has 0 aliphatic heterocycles. The summed E-state index contributed by atoms with van der Waals surface area (Å²) in [6, 6.07) is 0. The van der Waals surface area contributed by atoms with E-state index in [9.17, 15) is 0 Å². The van der Waals surface area contributed by atoms with Crippen LogP contribution in [0.1, 0.15) is 13.3 Å². The smallest absolute Gasteiger partial charge is 0.0401 e. The molecule has 0 fully saturated rings. The van der Waals surface area contributed by atoms with E-state index in [4.69, 9.17) is 0 Å². The van der Waals surface area contributed by atoms with Crippen molar-refractivity contribution in [1.82, 2.24) is 4.90 Å². The first-order chi connectivity index (χ1) is 5.13. The first-order valence-electron chi connectivity index (χ1n) is 3.93. The van der Waals surface area contributed by atoms with Crippen molar-refractivity contribution in [3.05, 3.63) is 12.2 Å². The van der Waals surface area contributed by atoms with Crippen LogP contribution in [0, 0.1) is 0 Å². The molecule has 0 heterocycles. The molecule has 0 atom stereocenters. The van der Waals surface area contributed by atoms with Crippen molar-refractivity contribution in [2.24, 2.45) is 4.99 Å². The number of allylic oxidation sites excluding steroid dienone is 1. The molecule has 0 bridgehead atoms. The monoisotopic (exact) mass is 154 g/mol. The zero-order chi connectivity index (χ0) is 8.69. The van der Waals surface area contributed by atoms with Gasteiger partial charge in [0.2, 0.25) is 0 Å². The summed E-state index contributed by atoms with van der Waals surface area (Å²) in [5.74, 6) is 0. The van der Waals surface area contributed by atoms with E-state index < -0.39 is 0 Å². The molecule has 0 saturated heterocycles. The molecule has 0 aromatic carbocycles. The maximum absolute atomic E-state index is 4.19. The van der Waals surface area contributed by atoms with Gasteiger partial charge in [0.05, 0.1) is 0 Å². The van der Waals surface area contributed by atoms with Crippen molar-refractivity contribution in [2.75, 3.05) is 27.2 Å². The summed E-state index contributed by atoms with van der Waals surface area (Å²) in [4.78, 5) is 6.35. The highest BCUT2D eigenvalue weighted by molar-refractivity contribution is 5.76. The van der Waals surface area contributed by atoms with Crippen LogP contribution in [0.2, 0.25) is 0 Å². The lowest BCUT2D eigenvalue weighted by atomic mass is 10.4. The molecular formula is C9H18N2. The second-order valence-corrected chi connectivity index (χ2v) is 3.04. The van der Waals surface area contributed by atoms with Gasteiger partial charge >= 0.3 is 0 Å². The molecule has 0 amide bonds. The maximum atomic E-state index is 4.19. The lowest BCUT2D eigenvalue weighted by Gasteiger charge is -2.06. The third kappa shape index (κ3) is 9.37. The first kappa shape index (κ1) is 10.4. The minimum atomic E-state index is 0.908. The third-order valence-corrected chi connectivity index (χ3v) is 1.20. The molecule has 0 saturated carbocycles. The summed E-state index contributed by atoms with van der Waals surface area (Å²) in [5.41, 5.74) is 1.02. The van der Waals surface area contributed by atoms with Gasteiger partial charge in [0.1, 0.15) is 0 Å². The summed E-state index contributed by atoms with van der Waals surface area (Å²) in [6.45, 7) is 7.69. The molecule has 0 aliphatic rings. The topological polar surface area (TPSA) is 15.6 Å². The van der Waals surface area contributed by atoms with Gasteiger partial charge in [-0.25, -0.2) is 0 Å². The fraction of sp³-hybridized carbons (Fsp3) is 0.667. The number of nitrogens with zero attached hydrogens (tertiary/aromatic N) is 2. The van der Waals surface area contributed by atoms with Gasteiger partial charge in [-0.1, -0.05) is 6.58 Å². The van der Waals surface area contributed by atoms with Crippen LogP contribution in [0.3, 0.4) is 0 Å². The molecular weight excluding hydrogens is 136 g/mol. The fourth-order valence-electron chi connectivity index (χ4n) is 0.699. The standard InChI is InChI=1S/C9H18N2/c1-9(2)8-10-6-5-7-11(3)4/h8H,1,5-7H2,2-4H3. The molecule has 0 rings (SSSR count). The van der Waals surface area contributed by atoms with E-state index >= 15 is 0 Å². The van der Waals surface area contributed by atoms with Gasteiger partial charge in [0.15, 0.2) is 0 Å². The first-order valence-corrected chi connectivity index (χ1v) is 3.93. The van der Waals surface area contributed by atoms with Gasteiger partial charge in [0.25, 0.3) is 0 Å². The third-order valence-electron chi connectivity index (χ3n) is 1.20. The van der Waals surface area contributed by atoms with Crippen LogP contribution < -0.4 is 0 Å². The molecule has 64 valence electrons. The van der Waals surface area contributed by atoms with Crippen molar-refractivity contribution < 1.29 is 0 Å². The van der Waals surface area contributed by atoms with Gasteiger partial charge in [-0.3, -0.25) is 4.99 Å². The van der Waals surface area contributed by atoms with Crippen molar-refractivity contribution in [3.63, 3.8) is 0 Å². The van der Waals surface area contributed by atoms with Crippen molar-refractivity contribution in [1.29, 1.82) is 0 Å². The van der Waals surface area contributed by atoms with Crippen LogP contribution in [-0.2, 0) is 0 Å². The minimum absolute atomic E-state index is 0.908. The Hall–Kier alpha value is -0.630. The van der Waals surface area contributed by atoms with Crippen molar-refractivity contribution >= 4 is 6.21 Å². The van der Waals surface area contributed by atoms with Crippen LogP contribution in [-0.4, -0.2) is 38.3 Å². The summed E-state index contributed by atoms with van der Waals surface area (Å²) in [5, 5.41) is 0. The van der Waals surface area contributed by atoms with Crippen molar-refractivity contribution in [3.8, 4) is 0 Å². The second kappa shape index (κ2) is 6.10. The van der Waals surface area contributed by atoms with E-state index in [1.165, 1.54) is 0 Å². The molecule has 0 aromatic rings. The SMILES string of the molecule is C=C(C)C=NCCCN(C)C. The van der Waals surface area contributed by atoms with Crippen LogP contribution in [0.5, 0.6) is 0 Å². The maximum Gasteiger partial charge on any atom is 0.0401 e. The second-order valence-electron chi connectivity index (χ2n) is 3.04. The summed E-state index contributed by atoms with van der Waals surface area (Å²) in [7, 11) is 4.14. The Morgan fingerprint density at radius 3 is 2.64 bits per heavy atom. The number of hydrogen-bond donors (Lipinski definition) is 0. The highest BCUT2D eigenvalue weighted by Gasteiger charge is 1.87. The lowest BCUT2D eigenvalue weighted by molar-refractivity contribution is 0.403. The molecule has 0 radical (unpaired) electrons. The summed E-state index contributed by atoms with van der Waals surface area (Å²) >= 11 is 0. The Balaban J connectivity index is 3.21. The van der Waals surface area contributed by atoms with E-state index in [-0.39, 0.29) is 0 Å². The Morgan fingerprint density at radius 2 is 2.18 bits per heavy atom. The quantitative estimate of drug-likeness (QED) is 0.433. The van der Waals surface area contributed by atoms with E-state index in [0.29, 0.717) is 0 Å². The van der Waals surface area contributed by atoms with Gasteiger partial charge in [-0.05, 0) is 39.6 Å². The largest absolute Gasteiger partial charge is 0.309 e. The summed E-state index contributed by atoms with van der Waals surface area (Å²) < 4.78 is 0. The highest BCUT2D eigenvalue weighted by atomic mass is 15.0. The molecule has 0 N–H and O–H groups in total. The fourth-order valence-corrected chi connectivity index (χ4v) is 0.699. The van der Waals surface area contributed by atoms with Crippen LogP contribution in [0.4, 0.5) is 0 Å². The van der Waals surface area contributed by atoms with E-state index in [2.05, 4.69) is 30.6 Å². The van der Waals surface area contributed by atoms with E-state index in [1.807, 2.05) is 13.1 Å². The molecule has 11 heavy (non-hydrogen) atoms. The average molecular weight is 154 g/mol. The molecule has 0 aliphatic carbocycles. The molecule has 2 nitrogen and oxygen atoms in total. The number of hydrogen-bond acceptors (Lipinski definition) is 2. The molecule has 0 spiro atoms.